The molecule has 0 amide bonds. The number of aliphatic hydroxyl groups is 1. The molecule has 0 aliphatic carbocycles. The summed E-state index contributed by atoms with van der Waals surface area (Å²) in [5.74, 6) is 0.459. The van der Waals surface area contributed by atoms with Gasteiger partial charge < -0.3 is 14.8 Å². The van der Waals surface area contributed by atoms with E-state index >= 15 is 0 Å². The van der Waals surface area contributed by atoms with Gasteiger partial charge in [0.25, 0.3) is 0 Å². The third-order valence-corrected chi connectivity index (χ3v) is 4.20. The van der Waals surface area contributed by atoms with E-state index in [-0.39, 0.29) is 18.4 Å². The zero-order chi connectivity index (χ0) is 15.6. The van der Waals surface area contributed by atoms with Gasteiger partial charge in [-0.3, -0.25) is 9.69 Å². The van der Waals surface area contributed by atoms with E-state index in [2.05, 4.69) is 11.8 Å². The highest BCUT2D eigenvalue weighted by atomic mass is 16.3. The van der Waals surface area contributed by atoms with Crippen molar-refractivity contribution >= 4 is 0 Å². The maximum Gasteiger partial charge on any atom is 0.223 e. The lowest BCUT2D eigenvalue weighted by molar-refractivity contribution is 0.168. The van der Waals surface area contributed by atoms with Crippen LogP contribution in [0.3, 0.4) is 0 Å². The van der Waals surface area contributed by atoms with Crippen molar-refractivity contribution in [1.82, 2.24) is 9.47 Å². The van der Waals surface area contributed by atoms with Crippen LogP contribution in [-0.2, 0) is 13.2 Å². The molecule has 1 aromatic rings. The minimum absolute atomic E-state index is 0.0795. The first-order valence-corrected chi connectivity index (χ1v) is 7.73. The zero-order valence-corrected chi connectivity index (χ0v) is 13.2. The van der Waals surface area contributed by atoms with Gasteiger partial charge >= 0.3 is 0 Å². The van der Waals surface area contributed by atoms with E-state index in [1.165, 1.54) is 12.5 Å². The molecule has 0 radical (unpaired) electrons. The molecule has 2 heterocycles. The van der Waals surface area contributed by atoms with E-state index in [4.69, 9.17) is 0 Å². The van der Waals surface area contributed by atoms with E-state index in [0.717, 1.165) is 19.5 Å². The van der Waals surface area contributed by atoms with Crippen molar-refractivity contribution < 1.29 is 10.2 Å². The standard InChI is InChI=1S/C16H26N2O3/c1-11(2)18-13(10-19)7-15(20)16(21)14(18)9-17-6-4-5-12(3)8-17/h7,11-12,19,21H,4-6,8-10H2,1-3H3. The Kier molecular flexibility index (Phi) is 5.06. The van der Waals surface area contributed by atoms with Gasteiger partial charge in [0.15, 0.2) is 5.75 Å². The zero-order valence-electron chi connectivity index (χ0n) is 13.2. The van der Waals surface area contributed by atoms with Crippen molar-refractivity contribution in [3.8, 4) is 5.75 Å². The Labute approximate surface area is 125 Å². The second-order valence-electron chi connectivity index (χ2n) is 6.40. The monoisotopic (exact) mass is 294 g/mol. The van der Waals surface area contributed by atoms with Crippen LogP contribution in [0.15, 0.2) is 10.9 Å². The van der Waals surface area contributed by atoms with Crippen molar-refractivity contribution in [2.45, 2.75) is 52.8 Å². The van der Waals surface area contributed by atoms with Crippen molar-refractivity contribution in [2.24, 2.45) is 5.92 Å². The first kappa shape index (κ1) is 16.0. The summed E-state index contributed by atoms with van der Waals surface area (Å²) in [6, 6.07) is 1.41. The summed E-state index contributed by atoms with van der Waals surface area (Å²) >= 11 is 0. The van der Waals surface area contributed by atoms with Gasteiger partial charge in [0, 0.05) is 30.9 Å². The first-order chi connectivity index (χ1) is 9.93. The van der Waals surface area contributed by atoms with Gasteiger partial charge in [-0.25, -0.2) is 0 Å². The van der Waals surface area contributed by atoms with Crippen LogP contribution in [0.25, 0.3) is 0 Å². The number of likely N-dealkylation sites (tertiary alicyclic amines) is 1. The predicted molar refractivity (Wildman–Crippen MR) is 82.3 cm³/mol. The van der Waals surface area contributed by atoms with Gasteiger partial charge in [-0.1, -0.05) is 6.92 Å². The molecular formula is C16H26N2O3. The molecule has 1 saturated heterocycles. The van der Waals surface area contributed by atoms with Gasteiger partial charge in [-0.15, -0.1) is 0 Å². The molecule has 1 unspecified atom stereocenters. The van der Waals surface area contributed by atoms with Gasteiger partial charge in [0.1, 0.15) is 0 Å². The normalized spacial score (nSPS) is 20.1. The van der Waals surface area contributed by atoms with Crippen LogP contribution < -0.4 is 5.43 Å². The molecule has 2 rings (SSSR count). The fraction of sp³-hybridized carbons (Fsp3) is 0.688. The molecule has 0 spiro atoms. The van der Waals surface area contributed by atoms with Crippen molar-refractivity contribution in [1.29, 1.82) is 0 Å². The highest BCUT2D eigenvalue weighted by Gasteiger charge is 2.22. The lowest BCUT2D eigenvalue weighted by Gasteiger charge is -2.32. The van der Waals surface area contributed by atoms with Gasteiger partial charge in [-0.2, -0.15) is 0 Å². The lowest BCUT2D eigenvalue weighted by Crippen LogP contribution is -2.35. The summed E-state index contributed by atoms with van der Waals surface area (Å²) in [4.78, 5) is 14.2. The number of nitrogens with zero attached hydrogens (tertiary/aromatic N) is 2. The van der Waals surface area contributed by atoms with Crippen LogP contribution in [0.2, 0.25) is 0 Å². The molecule has 21 heavy (non-hydrogen) atoms. The van der Waals surface area contributed by atoms with Gasteiger partial charge in [0.05, 0.1) is 12.3 Å². The molecular weight excluding hydrogens is 268 g/mol. The summed E-state index contributed by atoms with van der Waals surface area (Å²) in [6.45, 7) is 8.53. The van der Waals surface area contributed by atoms with E-state index in [9.17, 15) is 15.0 Å². The maximum atomic E-state index is 11.9. The second kappa shape index (κ2) is 6.62. The van der Waals surface area contributed by atoms with Crippen molar-refractivity contribution in [3.63, 3.8) is 0 Å². The fourth-order valence-electron chi connectivity index (χ4n) is 3.28. The minimum atomic E-state index is -0.406. The average Bonchev–Trinajstić information content (AvgIpc) is 2.43. The van der Waals surface area contributed by atoms with Crippen LogP contribution in [0.5, 0.6) is 5.75 Å². The first-order valence-electron chi connectivity index (χ1n) is 7.73. The largest absolute Gasteiger partial charge is 0.503 e. The Hall–Kier alpha value is -1.33. The summed E-state index contributed by atoms with van der Waals surface area (Å²) in [5.41, 5.74) is 0.777. The van der Waals surface area contributed by atoms with Crippen LogP contribution in [-0.4, -0.2) is 32.8 Å². The molecule has 1 atom stereocenters. The molecule has 1 aromatic heterocycles. The Morgan fingerprint density at radius 2 is 2.14 bits per heavy atom. The topological polar surface area (TPSA) is 65.7 Å². The van der Waals surface area contributed by atoms with Crippen molar-refractivity contribution in [3.05, 3.63) is 27.7 Å². The predicted octanol–water partition coefficient (Wildman–Crippen LogP) is 1.86. The number of rotatable bonds is 4. The molecule has 1 aliphatic rings. The molecule has 0 saturated carbocycles. The number of hydrogen-bond acceptors (Lipinski definition) is 4. The van der Waals surface area contributed by atoms with E-state index in [0.29, 0.717) is 23.9 Å². The summed E-state index contributed by atoms with van der Waals surface area (Å²) in [6.07, 6.45) is 2.38. The minimum Gasteiger partial charge on any atom is -0.503 e. The Morgan fingerprint density at radius 3 is 2.71 bits per heavy atom. The smallest absolute Gasteiger partial charge is 0.223 e. The summed E-state index contributed by atoms with van der Waals surface area (Å²) in [7, 11) is 0. The third kappa shape index (κ3) is 3.47. The molecule has 0 bridgehead atoms. The summed E-state index contributed by atoms with van der Waals surface area (Å²) in [5, 5.41) is 19.7. The quantitative estimate of drug-likeness (QED) is 0.889. The fourth-order valence-corrected chi connectivity index (χ4v) is 3.28. The average molecular weight is 294 g/mol. The van der Waals surface area contributed by atoms with Crippen LogP contribution in [0, 0.1) is 5.92 Å². The van der Waals surface area contributed by atoms with Crippen LogP contribution in [0.1, 0.15) is 51.0 Å². The molecule has 0 aromatic carbocycles. The van der Waals surface area contributed by atoms with Gasteiger partial charge in [0.2, 0.25) is 5.43 Å². The highest BCUT2D eigenvalue weighted by molar-refractivity contribution is 5.30. The number of piperidine rings is 1. The van der Waals surface area contributed by atoms with Crippen LogP contribution >= 0.6 is 0 Å². The number of aromatic nitrogens is 1. The Balaban J connectivity index is 2.40. The number of pyridine rings is 1. The van der Waals surface area contributed by atoms with E-state index < -0.39 is 5.43 Å². The number of aliphatic hydroxyl groups excluding tert-OH is 1. The van der Waals surface area contributed by atoms with Gasteiger partial charge in [-0.05, 0) is 39.2 Å². The highest BCUT2D eigenvalue weighted by Crippen LogP contribution is 2.24. The molecule has 5 heteroatoms. The number of hydrogen-bond donors (Lipinski definition) is 2. The molecule has 5 nitrogen and oxygen atoms in total. The second-order valence-corrected chi connectivity index (χ2v) is 6.40. The van der Waals surface area contributed by atoms with Crippen LogP contribution in [0.4, 0.5) is 0 Å². The lowest BCUT2D eigenvalue weighted by atomic mass is 10.00. The van der Waals surface area contributed by atoms with Crippen molar-refractivity contribution in [2.75, 3.05) is 13.1 Å². The van der Waals surface area contributed by atoms with E-state index in [1.54, 1.807) is 0 Å². The summed E-state index contributed by atoms with van der Waals surface area (Å²) < 4.78 is 1.88. The Bertz CT molecular complexity index is 551. The molecule has 1 aliphatic heterocycles. The molecule has 2 N–H and O–H groups in total. The Morgan fingerprint density at radius 1 is 1.43 bits per heavy atom. The SMILES string of the molecule is CC1CCCN(Cc2c(O)c(=O)cc(CO)n2C(C)C)C1. The third-order valence-electron chi connectivity index (χ3n) is 4.20. The molecule has 118 valence electrons. The maximum absolute atomic E-state index is 11.9. The van der Waals surface area contributed by atoms with E-state index in [1.807, 2.05) is 18.4 Å². The molecule has 1 fully saturated rings. The number of aromatic hydroxyl groups is 1.